The first-order valence-corrected chi connectivity index (χ1v) is 11.9. The van der Waals surface area contributed by atoms with Crippen LogP contribution in [-0.4, -0.2) is 35.5 Å². The van der Waals surface area contributed by atoms with Gasteiger partial charge in [-0.05, 0) is 36.4 Å². The molecule has 5 heterocycles. The average molecular weight is 516 g/mol. The Bertz CT molecular complexity index is 1660. The van der Waals surface area contributed by atoms with Crippen molar-refractivity contribution >= 4 is 22.8 Å². The number of benzene rings is 1. The van der Waals surface area contributed by atoms with Gasteiger partial charge in [-0.25, -0.2) is 13.8 Å². The second kappa shape index (κ2) is 9.34. The van der Waals surface area contributed by atoms with Crippen LogP contribution in [0, 0.1) is 11.6 Å². The average Bonchev–Trinajstić information content (AvgIpc) is 3.65. The van der Waals surface area contributed by atoms with Crippen LogP contribution in [0.25, 0.3) is 22.3 Å². The number of nitrogens with two attached hydrogens (primary N) is 1. The van der Waals surface area contributed by atoms with Crippen LogP contribution < -0.4 is 5.73 Å². The van der Waals surface area contributed by atoms with E-state index in [2.05, 4.69) is 20.1 Å². The highest BCUT2D eigenvalue weighted by molar-refractivity contribution is 5.98. The van der Waals surface area contributed by atoms with Crippen LogP contribution in [0.1, 0.15) is 32.9 Å². The number of pyridine rings is 2. The predicted molar refractivity (Wildman–Crippen MR) is 135 cm³/mol. The van der Waals surface area contributed by atoms with Gasteiger partial charge in [-0.1, -0.05) is 6.07 Å². The standard InChI is InChI=1S/C27H23F2N7O2/c1-35-24(7-8-32-35)15-5-6-16(31-10-15)11-36(12-17-20(28)3-2-4-21(17)29)27(37)23-9-22-25(33-23)18-13-38-14-19(18)26(30)34-22/h2-10,33H,11-14H2,1H3,(H2,30,34). The maximum Gasteiger partial charge on any atom is 0.271 e. The number of ether oxygens (including phenoxy) is 1. The summed E-state index contributed by atoms with van der Waals surface area (Å²) in [4.78, 5) is 27.1. The van der Waals surface area contributed by atoms with E-state index in [0.717, 1.165) is 22.4 Å². The normalized spacial score (nSPS) is 12.7. The summed E-state index contributed by atoms with van der Waals surface area (Å²) in [7, 11) is 1.83. The monoisotopic (exact) mass is 515 g/mol. The molecular formula is C27H23F2N7O2. The first-order chi connectivity index (χ1) is 18.4. The zero-order chi connectivity index (χ0) is 26.4. The van der Waals surface area contributed by atoms with Crippen LogP contribution in [-0.2, 0) is 38.1 Å². The molecular weight excluding hydrogens is 492 g/mol. The van der Waals surface area contributed by atoms with Gasteiger partial charge in [-0.3, -0.25) is 14.5 Å². The molecule has 0 unspecified atom stereocenters. The van der Waals surface area contributed by atoms with Gasteiger partial charge in [0.2, 0.25) is 0 Å². The van der Waals surface area contributed by atoms with E-state index in [1.807, 2.05) is 19.2 Å². The van der Waals surface area contributed by atoms with Crippen molar-refractivity contribution in [3.05, 3.63) is 94.6 Å². The molecule has 0 atom stereocenters. The van der Waals surface area contributed by atoms with Gasteiger partial charge >= 0.3 is 0 Å². The predicted octanol–water partition coefficient (Wildman–Crippen LogP) is 4.09. The highest BCUT2D eigenvalue weighted by Gasteiger charge is 2.26. The maximum absolute atomic E-state index is 14.6. The van der Waals surface area contributed by atoms with E-state index in [1.54, 1.807) is 29.2 Å². The number of aromatic nitrogens is 5. The van der Waals surface area contributed by atoms with E-state index in [0.29, 0.717) is 35.8 Å². The van der Waals surface area contributed by atoms with Crippen molar-refractivity contribution in [2.75, 3.05) is 5.73 Å². The van der Waals surface area contributed by atoms with Crippen LogP contribution in [0.5, 0.6) is 0 Å². The number of amides is 1. The SMILES string of the molecule is Cn1nccc1-c1ccc(CN(Cc2c(F)cccc2F)C(=O)c2cc3nc(N)c4c(c3[nH]2)COC4)nc1. The van der Waals surface area contributed by atoms with Crippen LogP contribution in [0.3, 0.4) is 0 Å². The fraction of sp³-hybridized carbons (Fsp3) is 0.185. The molecule has 6 rings (SSSR count). The van der Waals surface area contributed by atoms with Gasteiger partial charge in [0.1, 0.15) is 23.1 Å². The van der Waals surface area contributed by atoms with Crippen molar-refractivity contribution in [1.82, 2.24) is 29.6 Å². The van der Waals surface area contributed by atoms with E-state index in [4.69, 9.17) is 10.5 Å². The summed E-state index contributed by atoms with van der Waals surface area (Å²) in [5.41, 5.74) is 11.2. The molecule has 0 saturated carbocycles. The summed E-state index contributed by atoms with van der Waals surface area (Å²) in [6, 6.07) is 10.7. The summed E-state index contributed by atoms with van der Waals surface area (Å²) in [5, 5.41) is 4.17. The first kappa shape index (κ1) is 23.7. The van der Waals surface area contributed by atoms with Crippen molar-refractivity contribution in [3.8, 4) is 11.3 Å². The minimum Gasteiger partial charge on any atom is -0.383 e. The Hall–Kier alpha value is -4.64. The van der Waals surface area contributed by atoms with Crippen LogP contribution >= 0.6 is 0 Å². The summed E-state index contributed by atoms with van der Waals surface area (Å²) < 4.78 is 36.4. The molecule has 11 heteroatoms. The largest absolute Gasteiger partial charge is 0.383 e. The lowest BCUT2D eigenvalue weighted by Crippen LogP contribution is -2.31. The number of carbonyl (C=O) groups is 1. The number of nitrogen functional groups attached to an aromatic ring is 1. The summed E-state index contributed by atoms with van der Waals surface area (Å²) in [6.45, 7) is 0.425. The number of anilines is 1. The molecule has 0 spiro atoms. The molecule has 9 nitrogen and oxygen atoms in total. The molecule has 0 saturated heterocycles. The number of nitrogens with one attached hydrogen (secondary N) is 1. The van der Waals surface area contributed by atoms with Crippen molar-refractivity contribution in [1.29, 1.82) is 0 Å². The van der Waals surface area contributed by atoms with Crippen molar-refractivity contribution < 1.29 is 18.3 Å². The third-order valence-electron chi connectivity index (χ3n) is 6.73. The quantitative estimate of drug-likeness (QED) is 0.352. The van der Waals surface area contributed by atoms with E-state index in [1.165, 1.54) is 23.1 Å². The Labute approximate surface area is 215 Å². The van der Waals surface area contributed by atoms with E-state index in [9.17, 15) is 13.6 Å². The summed E-state index contributed by atoms with van der Waals surface area (Å²) in [6.07, 6.45) is 3.37. The number of hydrogen-bond donors (Lipinski definition) is 2. The molecule has 4 aromatic heterocycles. The molecule has 0 aliphatic carbocycles. The maximum atomic E-state index is 14.6. The van der Waals surface area contributed by atoms with Gasteiger partial charge in [0.05, 0.1) is 48.7 Å². The lowest BCUT2D eigenvalue weighted by molar-refractivity contribution is 0.0719. The van der Waals surface area contributed by atoms with Crippen molar-refractivity contribution in [2.45, 2.75) is 26.3 Å². The smallest absolute Gasteiger partial charge is 0.271 e. The summed E-state index contributed by atoms with van der Waals surface area (Å²) >= 11 is 0. The number of H-pyrrole nitrogens is 1. The number of aromatic amines is 1. The number of hydrogen-bond acceptors (Lipinski definition) is 6. The molecule has 3 N–H and O–H groups in total. The lowest BCUT2D eigenvalue weighted by atomic mass is 10.1. The van der Waals surface area contributed by atoms with E-state index >= 15 is 0 Å². The highest BCUT2D eigenvalue weighted by atomic mass is 19.1. The first-order valence-electron chi connectivity index (χ1n) is 11.9. The van der Waals surface area contributed by atoms with Gasteiger partial charge < -0.3 is 20.4 Å². The number of rotatable bonds is 6. The summed E-state index contributed by atoms with van der Waals surface area (Å²) in [5.74, 6) is -1.58. The fourth-order valence-corrected chi connectivity index (χ4v) is 4.72. The molecule has 0 radical (unpaired) electrons. The van der Waals surface area contributed by atoms with Gasteiger partial charge in [0.25, 0.3) is 5.91 Å². The molecule has 38 heavy (non-hydrogen) atoms. The van der Waals surface area contributed by atoms with Gasteiger partial charge in [-0.2, -0.15) is 5.10 Å². The number of halogens is 2. The van der Waals surface area contributed by atoms with Crippen LogP contribution in [0.2, 0.25) is 0 Å². The lowest BCUT2D eigenvalue weighted by Gasteiger charge is -2.22. The third-order valence-corrected chi connectivity index (χ3v) is 6.73. The molecule has 1 amide bonds. The minimum atomic E-state index is -0.733. The fourth-order valence-electron chi connectivity index (χ4n) is 4.72. The zero-order valence-corrected chi connectivity index (χ0v) is 20.4. The molecule has 192 valence electrons. The van der Waals surface area contributed by atoms with Crippen molar-refractivity contribution in [2.24, 2.45) is 7.05 Å². The second-order valence-corrected chi connectivity index (χ2v) is 9.13. The number of nitrogens with zero attached hydrogens (tertiary/aromatic N) is 5. The Morgan fingerprint density at radius 1 is 1.13 bits per heavy atom. The van der Waals surface area contributed by atoms with Gasteiger partial charge in [0, 0.05) is 41.7 Å². The number of fused-ring (bicyclic) bond motifs is 3. The molecule has 5 aromatic rings. The highest BCUT2D eigenvalue weighted by Crippen LogP contribution is 2.31. The van der Waals surface area contributed by atoms with E-state index < -0.39 is 17.5 Å². The Morgan fingerprint density at radius 2 is 1.92 bits per heavy atom. The van der Waals surface area contributed by atoms with Crippen LogP contribution in [0.15, 0.2) is 54.9 Å². The Kier molecular flexibility index (Phi) is 5.84. The molecule has 0 bridgehead atoms. The Morgan fingerprint density at radius 3 is 2.63 bits per heavy atom. The molecule has 0 fully saturated rings. The van der Waals surface area contributed by atoms with Crippen molar-refractivity contribution in [3.63, 3.8) is 0 Å². The van der Waals surface area contributed by atoms with Gasteiger partial charge in [-0.15, -0.1) is 0 Å². The zero-order valence-electron chi connectivity index (χ0n) is 20.4. The second-order valence-electron chi connectivity index (χ2n) is 9.13. The molecule has 1 aliphatic rings. The number of carbonyl (C=O) groups excluding carboxylic acids is 1. The number of aryl methyl sites for hydroxylation is 1. The molecule has 1 aromatic carbocycles. The topological polar surface area (TPSA) is 115 Å². The Balaban J connectivity index is 1.35. The van der Waals surface area contributed by atoms with Gasteiger partial charge in [0.15, 0.2) is 0 Å². The third kappa shape index (κ3) is 4.16. The molecule has 1 aliphatic heterocycles. The van der Waals surface area contributed by atoms with E-state index in [-0.39, 0.29) is 24.3 Å². The minimum absolute atomic E-state index is 0.0183. The van der Waals surface area contributed by atoms with Crippen LogP contribution in [0.4, 0.5) is 14.6 Å².